The van der Waals surface area contributed by atoms with Crippen LogP contribution in [0.4, 0.5) is 0 Å². The van der Waals surface area contributed by atoms with E-state index in [2.05, 4.69) is 63.5 Å². The lowest BCUT2D eigenvalue weighted by Crippen LogP contribution is -2.21. The van der Waals surface area contributed by atoms with Gasteiger partial charge in [-0.15, -0.1) is 5.73 Å². The van der Waals surface area contributed by atoms with Gasteiger partial charge in [-0.1, -0.05) is 45.6 Å². The summed E-state index contributed by atoms with van der Waals surface area (Å²) in [4.78, 5) is 0. The molecule has 0 aromatic rings. The third-order valence-corrected chi connectivity index (χ3v) is 4.98. The summed E-state index contributed by atoms with van der Waals surface area (Å²) in [6.45, 7) is 14.1. The Kier molecular flexibility index (Phi) is 4.84. The van der Waals surface area contributed by atoms with Crippen LogP contribution in [0.3, 0.4) is 0 Å². The molecular weight excluding hydrogens is 254 g/mol. The summed E-state index contributed by atoms with van der Waals surface area (Å²) in [7, 11) is 0. The van der Waals surface area contributed by atoms with Crippen molar-refractivity contribution in [3.63, 3.8) is 0 Å². The van der Waals surface area contributed by atoms with E-state index in [0.29, 0.717) is 11.3 Å². The van der Waals surface area contributed by atoms with E-state index in [0.717, 1.165) is 6.54 Å². The highest BCUT2D eigenvalue weighted by molar-refractivity contribution is 5.41. The van der Waals surface area contributed by atoms with Crippen LogP contribution in [0.5, 0.6) is 0 Å². The Hall–Kier alpha value is -1.20. The monoisotopic (exact) mass is 285 g/mol. The molecule has 0 radical (unpaired) electrons. The van der Waals surface area contributed by atoms with E-state index in [1.807, 2.05) is 0 Å². The highest BCUT2D eigenvalue weighted by Gasteiger charge is 2.48. The van der Waals surface area contributed by atoms with Crippen molar-refractivity contribution >= 4 is 0 Å². The minimum absolute atomic E-state index is 0.183. The van der Waals surface area contributed by atoms with Crippen LogP contribution in [0.1, 0.15) is 59.8 Å². The predicted octanol–water partition coefficient (Wildman–Crippen LogP) is 5.37. The molecule has 0 spiro atoms. The second kappa shape index (κ2) is 6.28. The maximum atomic E-state index is 3.90. The van der Waals surface area contributed by atoms with Crippen LogP contribution in [-0.4, -0.2) is 6.54 Å². The van der Waals surface area contributed by atoms with Gasteiger partial charge in [0.25, 0.3) is 0 Å². The zero-order valence-electron chi connectivity index (χ0n) is 14.3. The van der Waals surface area contributed by atoms with Crippen molar-refractivity contribution in [1.82, 2.24) is 5.32 Å². The van der Waals surface area contributed by atoms with Gasteiger partial charge in [0.15, 0.2) is 0 Å². The van der Waals surface area contributed by atoms with E-state index >= 15 is 0 Å². The molecule has 1 unspecified atom stereocenters. The molecule has 21 heavy (non-hydrogen) atoms. The number of nitrogens with one attached hydrogen (secondary N) is 1. The van der Waals surface area contributed by atoms with Crippen molar-refractivity contribution < 1.29 is 0 Å². The van der Waals surface area contributed by atoms with Gasteiger partial charge in [-0.3, -0.25) is 0 Å². The lowest BCUT2D eigenvalue weighted by molar-refractivity contribution is 0.280. The van der Waals surface area contributed by atoms with E-state index in [-0.39, 0.29) is 5.41 Å². The fraction of sp³-hybridized carbons (Fsp3) is 0.650. The lowest BCUT2D eigenvalue weighted by Gasteiger charge is -2.26. The summed E-state index contributed by atoms with van der Waals surface area (Å²) < 4.78 is 0. The van der Waals surface area contributed by atoms with Crippen LogP contribution >= 0.6 is 0 Å². The normalized spacial score (nSPS) is 30.7. The Balaban J connectivity index is 2.27. The van der Waals surface area contributed by atoms with Gasteiger partial charge in [0.1, 0.15) is 0 Å². The predicted molar refractivity (Wildman–Crippen MR) is 92.0 cm³/mol. The van der Waals surface area contributed by atoms with E-state index in [1.165, 1.54) is 43.4 Å². The molecule has 0 bridgehead atoms. The zero-order chi connectivity index (χ0) is 15.5. The molecule has 1 saturated carbocycles. The standard InChI is InChI=1S/C20H31N/c1-6-18(21-7-2)20(13-14-20)17-9-8-12-19(4,5)15-16(3)10-11-17/h9-11,16,21H,1,7-8,12-15H2,2-5H3/b11-10-,17-9+. The average molecular weight is 285 g/mol. The molecule has 1 fully saturated rings. The first-order valence-electron chi connectivity index (χ1n) is 8.47. The molecule has 116 valence electrons. The molecule has 0 saturated heterocycles. The molecule has 2 aliphatic rings. The van der Waals surface area contributed by atoms with Gasteiger partial charge in [0.2, 0.25) is 0 Å². The Labute approximate surface area is 130 Å². The van der Waals surface area contributed by atoms with E-state index in [9.17, 15) is 0 Å². The van der Waals surface area contributed by atoms with E-state index < -0.39 is 0 Å². The lowest BCUT2D eigenvalue weighted by atomic mass is 9.80. The van der Waals surface area contributed by atoms with Crippen LogP contribution in [-0.2, 0) is 0 Å². The topological polar surface area (TPSA) is 12.0 Å². The minimum atomic E-state index is 0.183. The van der Waals surface area contributed by atoms with Crippen LogP contribution < -0.4 is 5.32 Å². The molecule has 0 aromatic heterocycles. The molecule has 0 heterocycles. The van der Waals surface area contributed by atoms with Crippen molar-refractivity contribution in [2.75, 3.05) is 6.54 Å². The Morgan fingerprint density at radius 2 is 2.10 bits per heavy atom. The summed E-state index contributed by atoms with van der Waals surface area (Å²) in [5.74, 6) is 0.646. The number of allylic oxidation sites excluding steroid dienone is 4. The second-order valence-corrected chi connectivity index (χ2v) is 7.57. The largest absolute Gasteiger partial charge is 0.382 e. The quantitative estimate of drug-likeness (QED) is 0.684. The van der Waals surface area contributed by atoms with Crippen LogP contribution in [0.15, 0.2) is 41.8 Å². The first kappa shape index (κ1) is 16.2. The smallest absolute Gasteiger partial charge is 0.0639 e. The van der Waals surface area contributed by atoms with Gasteiger partial charge in [0, 0.05) is 12.0 Å². The molecule has 0 aliphatic heterocycles. The fourth-order valence-corrected chi connectivity index (χ4v) is 3.74. The third kappa shape index (κ3) is 3.71. The van der Waals surface area contributed by atoms with Gasteiger partial charge < -0.3 is 5.32 Å². The molecule has 0 amide bonds. The minimum Gasteiger partial charge on any atom is -0.382 e. The third-order valence-electron chi connectivity index (χ3n) is 4.98. The van der Waals surface area contributed by atoms with Gasteiger partial charge in [-0.25, -0.2) is 0 Å². The highest BCUT2D eigenvalue weighted by Crippen LogP contribution is 2.57. The summed E-state index contributed by atoms with van der Waals surface area (Å²) >= 11 is 0. The first-order chi connectivity index (χ1) is 9.93. The summed E-state index contributed by atoms with van der Waals surface area (Å²) in [6.07, 6.45) is 13.4. The van der Waals surface area contributed by atoms with Crippen molar-refractivity contribution in [2.45, 2.75) is 59.8 Å². The van der Waals surface area contributed by atoms with Crippen molar-refractivity contribution in [1.29, 1.82) is 0 Å². The van der Waals surface area contributed by atoms with Crippen molar-refractivity contribution in [3.8, 4) is 0 Å². The Morgan fingerprint density at radius 1 is 1.38 bits per heavy atom. The summed E-state index contributed by atoms with van der Waals surface area (Å²) in [5.41, 5.74) is 6.47. The number of hydrogen-bond donors (Lipinski definition) is 1. The van der Waals surface area contributed by atoms with Gasteiger partial charge in [-0.05, 0) is 55.9 Å². The maximum Gasteiger partial charge on any atom is 0.0639 e. The van der Waals surface area contributed by atoms with Crippen LogP contribution in [0.25, 0.3) is 0 Å². The molecule has 1 atom stereocenters. The maximum absolute atomic E-state index is 3.90. The zero-order valence-corrected chi connectivity index (χ0v) is 14.3. The molecular formula is C20H31N. The molecule has 0 aromatic carbocycles. The first-order valence-corrected chi connectivity index (χ1v) is 8.47. The van der Waals surface area contributed by atoms with Gasteiger partial charge >= 0.3 is 0 Å². The number of hydrogen-bond acceptors (Lipinski definition) is 1. The molecule has 1 N–H and O–H groups in total. The molecule has 2 rings (SSSR count). The van der Waals surface area contributed by atoms with E-state index in [1.54, 1.807) is 0 Å². The summed E-state index contributed by atoms with van der Waals surface area (Å²) in [5, 5.41) is 3.48. The Bertz CT molecular complexity index is 482. The fourth-order valence-electron chi connectivity index (χ4n) is 3.74. The van der Waals surface area contributed by atoms with Crippen molar-refractivity contribution in [3.05, 3.63) is 41.8 Å². The average Bonchev–Trinajstić information content (AvgIpc) is 3.19. The Morgan fingerprint density at radius 3 is 2.67 bits per heavy atom. The van der Waals surface area contributed by atoms with Crippen molar-refractivity contribution in [2.24, 2.45) is 16.7 Å². The number of rotatable bonds is 4. The molecule has 1 heteroatoms. The van der Waals surface area contributed by atoms with Gasteiger partial charge in [0.05, 0.1) is 5.70 Å². The van der Waals surface area contributed by atoms with Crippen LogP contribution in [0.2, 0.25) is 0 Å². The van der Waals surface area contributed by atoms with E-state index in [4.69, 9.17) is 0 Å². The second-order valence-electron chi connectivity index (χ2n) is 7.57. The van der Waals surface area contributed by atoms with Gasteiger partial charge in [-0.2, -0.15) is 0 Å². The highest BCUT2D eigenvalue weighted by atomic mass is 14.9. The summed E-state index contributed by atoms with van der Waals surface area (Å²) in [6, 6.07) is 0. The molecule has 1 nitrogen and oxygen atoms in total. The SMILES string of the molecule is C=C=C(NCC)C1(C2=C/CCC(C)(C)CC(C)/C=C\2)CC1. The molecule has 2 aliphatic carbocycles. The van der Waals surface area contributed by atoms with Crippen LogP contribution in [0, 0.1) is 16.7 Å².